The highest BCUT2D eigenvalue weighted by Gasteiger charge is 2.19. The van der Waals surface area contributed by atoms with Crippen molar-refractivity contribution in [3.8, 4) is 0 Å². The first-order valence-corrected chi connectivity index (χ1v) is 6.38. The quantitative estimate of drug-likeness (QED) is 0.813. The number of nitrogens with one attached hydrogen (secondary N) is 1. The highest BCUT2D eigenvalue weighted by atomic mass is 32.2. The van der Waals surface area contributed by atoms with Crippen LogP contribution in [-0.4, -0.2) is 14.4 Å². The predicted octanol–water partition coefficient (Wildman–Crippen LogP) is 1.13. The summed E-state index contributed by atoms with van der Waals surface area (Å²) in [7, 11) is -4.09. The number of benzene rings is 2. The first kappa shape index (κ1) is 12.3. The molecule has 3 N–H and O–H groups in total. The molecule has 0 aliphatic heterocycles. The van der Waals surface area contributed by atoms with E-state index in [1.54, 1.807) is 41.9 Å². The molecule has 0 heterocycles. The molecule has 0 fully saturated rings. The van der Waals surface area contributed by atoms with E-state index in [1.807, 2.05) is 0 Å². The highest BCUT2D eigenvalue weighted by Crippen LogP contribution is 2.23. The molecule has 0 bridgehead atoms. The maximum Gasteiger partial charge on any atom is 0.337 e. The van der Waals surface area contributed by atoms with Crippen LogP contribution in [0, 0.1) is 0 Å². The van der Waals surface area contributed by atoms with Gasteiger partial charge in [0.05, 0.1) is 0 Å². The van der Waals surface area contributed by atoms with Crippen molar-refractivity contribution in [1.29, 1.82) is 0 Å². The SMILES string of the molecule is NC(=O)NOS(=O)(=O)c1cccc2ccccc12. The van der Waals surface area contributed by atoms with E-state index < -0.39 is 16.1 Å². The Morgan fingerprint density at radius 1 is 1.11 bits per heavy atom. The molecular formula is C11H10N2O4S. The molecule has 0 aliphatic rings. The average Bonchev–Trinajstić information content (AvgIpc) is 2.36. The number of hydroxylamine groups is 1. The molecule has 0 atom stereocenters. The molecule has 6 nitrogen and oxygen atoms in total. The van der Waals surface area contributed by atoms with E-state index >= 15 is 0 Å². The minimum absolute atomic E-state index is 0.0330. The van der Waals surface area contributed by atoms with Gasteiger partial charge in [-0.15, -0.1) is 4.28 Å². The number of nitrogens with two attached hydrogens (primary N) is 1. The van der Waals surface area contributed by atoms with E-state index in [9.17, 15) is 13.2 Å². The normalized spacial score (nSPS) is 11.3. The zero-order valence-corrected chi connectivity index (χ0v) is 9.98. The second-order valence-electron chi connectivity index (χ2n) is 3.48. The number of hydrogen-bond acceptors (Lipinski definition) is 4. The van der Waals surface area contributed by atoms with Crippen LogP contribution in [0.3, 0.4) is 0 Å². The fourth-order valence-corrected chi connectivity index (χ4v) is 2.54. The second kappa shape index (κ2) is 4.63. The number of urea groups is 1. The van der Waals surface area contributed by atoms with E-state index in [0.29, 0.717) is 5.39 Å². The molecule has 2 aromatic carbocycles. The number of hydrogen-bond donors (Lipinski definition) is 2. The van der Waals surface area contributed by atoms with Gasteiger partial charge < -0.3 is 5.73 Å². The van der Waals surface area contributed by atoms with E-state index in [2.05, 4.69) is 4.28 Å². The summed E-state index contributed by atoms with van der Waals surface area (Å²) in [5, 5.41) is 1.26. The van der Waals surface area contributed by atoms with Crippen molar-refractivity contribution in [3.63, 3.8) is 0 Å². The van der Waals surface area contributed by atoms with E-state index in [0.717, 1.165) is 5.39 Å². The third-order valence-electron chi connectivity index (χ3n) is 2.27. The largest absolute Gasteiger partial charge is 0.350 e. The van der Waals surface area contributed by atoms with Crippen LogP contribution in [0.5, 0.6) is 0 Å². The molecule has 94 valence electrons. The molecule has 2 rings (SSSR count). The topological polar surface area (TPSA) is 98.5 Å². The number of carbonyl (C=O) groups excluding carboxylic acids is 1. The van der Waals surface area contributed by atoms with Crippen LogP contribution >= 0.6 is 0 Å². The summed E-state index contributed by atoms with van der Waals surface area (Å²) in [5.41, 5.74) is 6.35. The minimum atomic E-state index is -4.09. The van der Waals surface area contributed by atoms with Gasteiger partial charge >= 0.3 is 16.1 Å². The average molecular weight is 266 g/mol. The Bertz CT molecular complexity index is 692. The number of fused-ring (bicyclic) bond motifs is 1. The van der Waals surface area contributed by atoms with Crippen LogP contribution in [0.2, 0.25) is 0 Å². The van der Waals surface area contributed by atoms with Gasteiger partial charge in [-0.25, -0.2) is 4.79 Å². The third-order valence-corrected chi connectivity index (χ3v) is 3.47. The van der Waals surface area contributed by atoms with E-state index in [4.69, 9.17) is 5.73 Å². The van der Waals surface area contributed by atoms with Gasteiger partial charge in [-0.2, -0.15) is 13.9 Å². The van der Waals surface area contributed by atoms with E-state index in [-0.39, 0.29) is 4.90 Å². The summed E-state index contributed by atoms with van der Waals surface area (Å²) < 4.78 is 28.0. The Balaban J connectivity index is 2.50. The molecule has 2 amide bonds. The number of amides is 2. The van der Waals surface area contributed by atoms with Gasteiger partial charge in [-0.05, 0) is 11.5 Å². The van der Waals surface area contributed by atoms with Crippen molar-refractivity contribution >= 4 is 26.9 Å². The van der Waals surface area contributed by atoms with Crippen LogP contribution < -0.4 is 11.2 Å². The van der Waals surface area contributed by atoms with Crippen LogP contribution in [0.1, 0.15) is 0 Å². The van der Waals surface area contributed by atoms with Crippen molar-refractivity contribution in [1.82, 2.24) is 5.48 Å². The maximum absolute atomic E-state index is 11.9. The van der Waals surface area contributed by atoms with Crippen LogP contribution in [0.15, 0.2) is 47.4 Å². The first-order valence-electron chi connectivity index (χ1n) is 4.97. The Hall–Kier alpha value is -2.12. The standard InChI is InChI=1S/C11H10N2O4S/c12-11(14)13-17-18(15,16)10-7-3-5-8-4-1-2-6-9(8)10/h1-7H,(H3,12,13,14). The van der Waals surface area contributed by atoms with Gasteiger partial charge in [0.25, 0.3) is 0 Å². The van der Waals surface area contributed by atoms with Gasteiger partial charge in [-0.3, -0.25) is 0 Å². The summed E-state index contributed by atoms with van der Waals surface area (Å²) in [5.74, 6) is 0. The zero-order valence-electron chi connectivity index (χ0n) is 9.16. The summed E-state index contributed by atoms with van der Waals surface area (Å²) >= 11 is 0. The Morgan fingerprint density at radius 3 is 2.50 bits per heavy atom. The summed E-state index contributed by atoms with van der Waals surface area (Å²) in [6, 6.07) is 10.6. The predicted molar refractivity (Wildman–Crippen MR) is 64.9 cm³/mol. The molecular weight excluding hydrogens is 256 g/mol. The minimum Gasteiger partial charge on any atom is -0.350 e. The van der Waals surface area contributed by atoms with Crippen molar-refractivity contribution in [3.05, 3.63) is 42.5 Å². The van der Waals surface area contributed by atoms with E-state index in [1.165, 1.54) is 6.07 Å². The zero-order chi connectivity index (χ0) is 13.2. The molecule has 2 aromatic rings. The summed E-state index contributed by atoms with van der Waals surface area (Å²) in [4.78, 5) is 10.4. The first-order chi connectivity index (χ1) is 8.50. The lowest BCUT2D eigenvalue weighted by Gasteiger charge is -2.07. The Kier molecular flexibility index (Phi) is 3.17. The number of primary amides is 1. The van der Waals surface area contributed by atoms with Crippen molar-refractivity contribution in [2.45, 2.75) is 4.90 Å². The maximum atomic E-state index is 11.9. The van der Waals surface area contributed by atoms with Crippen LogP contribution in [0.4, 0.5) is 4.79 Å². The lowest BCUT2D eigenvalue weighted by Crippen LogP contribution is -2.31. The molecule has 0 radical (unpaired) electrons. The molecule has 0 unspecified atom stereocenters. The smallest absolute Gasteiger partial charge is 0.337 e. The lowest BCUT2D eigenvalue weighted by molar-refractivity contribution is 0.189. The molecule has 0 spiro atoms. The van der Waals surface area contributed by atoms with Gasteiger partial charge in [0.15, 0.2) is 0 Å². The van der Waals surface area contributed by atoms with Crippen molar-refractivity contribution in [2.24, 2.45) is 5.73 Å². The Labute approximate surface area is 103 Å². The molecule has 0 saturated heterocycles. The van der Waals surface area contributed by atoms with Crippen molar-refractivity contribution in [2.75, 3.05) is 0 Å². The fraction of sp³-hybridized carbons (Fsp3) is 0. The summed E-state index contributed by atoms with van der Waals surface area (Å²) in [6.45, 7) is 0. The summed E-state index contributed by atoms with van der Waals surface area (Å²) in [6.07, 6.45) is 0. The monoisotopic (exact) mass is 266 g/mol. The van der Waals surface area contributed by atoms with Crippen LogP contribution in [-0.2, 0) is 14.4 Å². The van der Waals surface area contributed by atoms with Gasteiger partial charge in [0.1, 0.15) is 4.90 Å². The van der Waals surface area contributed by atoms with Gasteiger partial charge in [-0.1, -0.05) is 36.4 Å². The number of rotatable bonds is 3. The molecule has 0 saturated carbocycles. The van der Waals surface area contributed by atoms with Gasteiger partial charge in [0.2, 0.25) is 0 Å². The molecule has 18 heavy (non-hydrogen) atoms. The molecule has 7 heteroatoms. The third kappa shape index (κ3) is 2.41. The van der Waals surface area contributed by atoms with Crippen molar-refractivity contribution < 1.29 is 17.5 Å². The lowest BCUT2D eigenvalue weighted by atomic mass is 10.1. The van der Waals surface area contributed by atoms with Gasteiger partial charge in [0, 0.05) is 5.39 Å². The Morgan fingerprint density at radius 2 is 1.78 bits per heavy atom. The van der Waals surface area contributed by atoms with Crippen LogP contribution in [0.25, 0.3) is 10.8 Å². The molecule has 0 aliphatic carbocycles. The number of carbonyl (C=O) groups is 1. The molecule has 0 aromatic heterocycles. The fourth-order valence-electron chi connectivity index (χ4n) is 1.55. The second-order valence-corrected chi connectivity index (χ2v) is 5.00. The highest BCUT2D eigenvalue weighted by molar-refractivity contribution is 7.87.